The maximum Gasteiger partial charge on any atom is 0.239 e. The lowest BCUT2D eigenvalue weighted by atomic mass is 10.2. The molecule has 0 aromatic carbocycles. The fraction of sp³-hybridized carbons (Fsp3) is 0.800. The molecular weight excluding hydrogens is 194 g/mol. The molecular formula is C10H19N3O2. The van der Waals surface area contributed by atoms with E-state index >= 15 is 0 Å². The first kappa shape index (κ1) is 12.0. The summed E-state index contributed by atoms with van der Waals surface area (Å²) in [4.78, 5) is 23.6. The zero-order valence-corrected chi connectivity index (χ0v) is 9.32. The van der Waals surface area contributed by atoms with Gasteiger partial charge < -0.3 is 16.0 Å². The molecule has 0 heterocycles. The van der Waals surface area contributed by atoms with Crippen molar-refractivity contribution in [3.05, 3.63) is 0 Å². The van der Waals surface area contributed by atoms with Crippen LogP contribution in [0.15, 0.2) is 0 Å². The molecule has 1 atom stereocenters. The molecule has 0 radical (unpaired) electrons. The molecule has 5 nitrogen and oxygen atoms in total. The van der Waals surface area contributed by atoms with Crippen molar-refractivity contribution in [3.8, 4) is 0 Å². The summed E-state index contributed by atoms with van der Waals surface area (Å²) in [6.07, 6.45) is 2.34. The summed E-state index contributed by atoms with van der Waals surface area (Å²) >= 11 is 0. The Morgan fingerprint density at radius 2 is 2.13 bits per heavy atom. The molecule has 0 bridgehead atoms. The molecule has 0 aliphatic heterocycles. The number of rotatable bonds is 5. The number of nitrogens with zero attached hydrogens (tertiary/aromatic N) is 1. The van der Waals surface area contributed by atoms with Crippen molar-refractivity contribution in [2.75, 3.05) is 20.1 Å². The molecule has 1 saturated carbocycles. The van der Waals surface area contributed by atoms with Crippen LogP contribution < -0.4 is 11.1 Å². The molecule has 3 N–H and O–H groups in total. The van der Waals surface area contributed by atoms with Gasteiger partial charge in [0.2, 0.25) is 11.8 Å². The number of hydrogen-bond donors (Lipinski definition) is 2. The van der Waals surface area contributed by atoms with Crippen LogP contribution in [0.25, 0.3) is 0 Å². The molecule has 0 aromatic rings. The summed E-state index contributed by atoms with van der Waals surface area (Å²) in [5, 5.41) is 2.73. The minimum absolute atomic E-state index is 0.0663. The number of nitrogens with two attached hydrogens (primary N) is 1. The van der Waals surface area contributed by atoms with Gasteiger partial charge in [0.1, 0.15) is 0 Å². The minimum atomic E-state index is -0.149. The highest BCUT2D eigenvalue weighted by Crippen LogP contribution is 2.31. The van der Waals surface area contributed by atoms with Gasteiger partial charge in [0.25, 0.3) is 0 Å². The van der Waals surface area contributed by atoms with Crippen molar-refractivity contribution in [2.45, 2.75) is 25.8 Å². The molecule has 1 rings (SSSR count). The van der Waals surface area contributed by atoms with E-state index in [4.69, 9.17) is 5.73 Å². The summed E-state index contributed by atoms with van der Waals surface area (Å²) < 4.78 is 0. The highest BCUT2D eigenvalue weighted by atomic mass is 16.2. The average molecular weight is 213 g/mol. The quantitative estimate of drug-likeness (QED) is 0.635. The Morgan fingerprint density at radius 3 is 2.60 bits per heavy atom. The second-order valence-corrected chi connectivity index (χ2v) is 4.18. The van der Waals surface area contributed by atoms with E-state index in [1.54, 1.807) is 7.05 Å². The largest absolute Gasteiger partial charge is 0.353 e. The average Bonchev–Trinajstić information content (AvgIpc) is 2.96. The van der Waals surface area contributed by atoms with Crippen molar-refractivity contribution in [2.24, 2.45) is 11.7 Å². The lowest BCUT2D eigenvalue weighted by Gasteiger charge is -2.16. The van der Waals surface area contributed by atoms with Crippen LogP contribution in [0.3, 0.4) is 0 Å². The van der Waals surface area contributed by atoms with Gasteiger partial charge in [0.05, 0.1) is 6.54 Å². The first-order valence-corrected chi connectivity index (χ1v) is 5.24. The van der Waals surface area contributed by atoms with Crippen molar-refractivity contribution < 1.29 is 9.59 Å². The van der Waals surface area contributed by atoms with Crippen LogP contribution in [-0.2, 0) is 9.59 Å². The maximum atomic E-state index is 11.3. The van der Waals surface area contributed by atoms with Crippen molar-refractivity contribution >= 4 is 11.8 Å². The molecule has 0 spiro atoms. The van der Waals surface area contributed by atoms with Crippen LogP contribution >= 0.6 is 0 Å². The van der Waals surface area contributed by atoms with Crippen LogP contribution in [-0.4, -0.2) is 42.9 Å². The molecule has 0 saturated heterocycles. The molecule has 1 fully saturated rings. The second-order valence-electron chi connectivity index (χ2n) is 4.18. The highest BCUT2D eigenvalue weighted by molar-refractivity contribution is 5.83. The second kappa shape index (κ2) is 5.11. The van der Waals surface area contributed by atoms with Gasteiger partial charge in [-0.3, -0.25) is 9.59 Å². The Hall–Kier alpha value is -1.10. The summed E-state index contributed by atoms with van der Waals surface area (Å²) in [6.45, 7) is 2.05. The van der Waals surface area contributed by atoms with Crippen molar-refractivity contribution in [1.29, 1.82) is 0 Å². The molecule has 1 unspecified atom stereocenters. The zero-order valence-electron chi connectivity index (χ0n) is 9.32. The Bertz CT molecular complexity index is 251. The normalized spacial score (nSPS) is 17.0. The topological polar surface area (TPSA) is 75.4 Å². The fourth-order valence-corrected chi connectivity index (χ4v) is 1.31. The number of carbonyl (C=O) groups excluding carboxylic acids is 2. The Balaban J connectivity index is 2.14. The Morgan fingerprint density at radius 1 is 1.53 bits per heavy atom. The number of likely N-dealkylation sites (N-methyl/N-ethyl adjacent to an activating group) is 1. The van der Waals surface area contributed by atoms with Crippen LogP contribution in [0.2, 0.25) is 0 Å². The fourth-order valence-electron chi connectivity index (χ4n) is 1.31. The van der Waals surface area contributed by atoms with E-state index in [0.717, 1.165) is 0 Å². The van der Waals surface area contributed by atoms with Crippen LogP contribution in [0.5, 0.6) is 0 Å². The Labute approximate surface area is 90.0 Å². The van der Waals surface area contributed by atoms with Crippen LogP contribution in [0.1, 0.15) is 19.8 Å². The standard InChI is InChI=1S/C10H19N3O2/c1-7(14)13(2)6-10(15)12-5-9(11)8-3-4-8/h8-9H,3-6,11H2,1-2H3,(H,12,15). The summed E-state index contributed by atoms with van der Waals surface area (Å²) in [5.41, 5.74) is 5.82. The van der Waals surface area contributed by atoms with E-state index in [1.165, 1.54) is 24.7 Å². The van der Waals surface area contributed by atoms with Gasteiger partial charge in [0, 0.05) is 26.6 Å². The molecule has 86 valence electrons. The third-order valence-electron chi connectivity index (χ3n) is 2.68. The van der Waals surface area contributed by atoms with E-state index in [2.05, 4.69) is 5.32 Å². The summed E-state index contributed by atoms with van der Waals surface area (Å²) in [7, 11) is 1.60. The highest BCUT2D eigenvalue weighted by Gasteiger charge is 2.28. The van der Waals surface area contributed by atoms with Crippen LogP contribution in [0, 0.1) is 5.92 Å². The van der Waals surface area contributed by atoms with Crippen LogP contribution in [0.4, 0.5) is 0 Å². The first-order valence-electron chi connectivity index (χ1n) is 5.24. The van der Waals surface area contributed by atoms with E-state index in [9.17, 15) is 9.59 Å². The minimum Gasteiger partial charge on any atom is -0.353 e. The summed E-state index contributed by atoms with van der Waals surface area (Å²) in [6, 6.07) is 0.0663. The maximum absolute atomic E-state index is 11.3. The van der Waals surface area contributed by atoms with E-state index < -0.39 is 0 Å². The number of nitrogens with one attached hydrogen (secondary N) is 1. The summed E-state index contributed by atoms with van der Waals surface area (Å²) in [5.74, 6) is 0.316. The predicted molar refractivity (Wildman–Crippen MR) is 57.0 cm³/mol. The number of carbonyl (C=O) groups is 2. The monoisotopic (exact) mass is 213 g/mol. The lowest BCUT2D eigenvalue weighted by molar-refractivity contribution is -0.133. The van der Waals surface area contributed by atoms with Gasteiger partial charge in [-0.25, -0.2) is 0 Å². The SMILES string of the molecule is CC(=O)N(C)CC(=O)NCC(N)C1CC1. The van der Waals surface area contributed by atoms with Crippen molar-refractivity contribution in [3.63, 3.8) is 0 Å². The molecule has 15 heavy (non-hydrogen) atoms. The smallest absolute Gasteiger partial charge is 0.239 e. The van der Waals surface area contributed by atoms with E-state index in [0.29, 0.717) is 12.5 Å². The van der Waals surface area contributed by atoms with Gasteiger partial charge in [-0.05, 0) is 18.8 Å². The van der Waals surface area contributed by atoms with Crippen molar-refractivity contribution in [1.82, 2.24) is 10.2 Å². The van der Waals surface area contributed by atoms with E-state index in [1.807, 2.05) is 0 Å². The molecule has 1 aliphatic rings. The molecule has 2 amide bonds. The molecule has 5 heteroatoms. The third kappa shape index (κ3) is 4.29. The lowest BCUT2D eigenvalue weighted by Crippen LogP contribution is -2.43. The third-order valence-corrected chi connectivity index (χ3v) is 2.68. The molecule has 1 aliphatic carbocycles. The first-order chi connectivity index (χ1) is 7.00. The van der Waals surface area contributed by atoms with Gasteiger partial charge in [-0.1, -0.05) is 0 Å². The number of amides is 2. The Kier molecular flexibility index (Phi) is 4.08. The number of hydrogen-bond acceptors (Lipinski definition) is 3. The van der Waals surface area contributed by atoms with E-state index in [-0.39, 0.29) is 24.4 Å². The predicted octanol–water partition coefficient (Wildman–Crippen LogP) is -0.682. The van der Waals surface area contributed by atoms with Gasteiger partial charge in [0.15, 0.2) is 0 Å². The van der Waals surface area contributed by atoms with Gasteiger partial charge in [-0.2, -0.15) is 0 Å². The molecule has 0 aromatic heterocycles. The van der Waals surface area contributed by atoms with Gasteiger partial charge >= 0.3 is 0 Å². The zero-order chi connectivity index (χ0) is 11.4. The van der Waals surface area contributed by atoms with Gasteiger partial charge in [-0.15, -0.1) is 0 Å².